The highest BCUT2D eigenvalue weighted by Crippen LogP contribution is 2.36. The first-order valence-corrected chi connectivity index (χ1v) is 16.3. The number of fused-ring (bicyclic) bond motifs is 1. The molecule has 1 aliphatic heterocycles. The van der Waals surface area contributed by atoms with E-state index in [0.29, 0.717) is 58.1 Å². The van der Waals surface area contributed by atoms with Gasteiger partial charge in [-0.3, -0.25) is 14.4 Å². The Labute approximate surface area is 273 Å². The van der Waals surface area contributed by atoms with Crippen molar-refractivity contribution in [3.05, 3.63) is 124 Å². The number of benzene rings is 4. The second kappa shape index (κ2) is 15.3. The van der Waals surface area contributed by atoms with Gasteiger partial charge in [-0.2, -0.15) is 0 Å². The number of hydrogen-bond donors (Lipinski definition) is 2. The minimum Gasteiger partial charge on any atom is -0.497 e. The first-order chi connectivity index (χ1) is 22.7. The second-order valence-electron chi connectivity index (χ2n) is 10.5. The Balaban J connectivity index is 1.35. The molecule has 0 aromatic heterocycles. The summed E-state index contributed by atoms with van der Waals surface area (Å²) in [5.74, 6) is 0.462. The molecule has 0 radical (unpaired) electrons. The number of rotatable bonds is 14. The molecule has 47 heavy (non-hydrogen) atoms. The average molecular weight is 659 g/mol. The fraction of sp³-hybridized carbons (Fsp3) is 0.200. The summed E-state index contributed by atoms with van der Waals surface area (Å²) in [5, 5.41) is 0.920. The van der Waals surface area contributed by atoms with Crippen LogP contribution in [0.5, 0.6) is 23.0 Å². The normalized spacial score (nSPS) is 12.8. The van der Waals surface area contributed by atoms with Crippen LogP contribution in [0.4, 0.5) is 0 Å². The van der Waals surface area contributed by atoms with Gasteiger partial charge in [0.1, 0.15) is 11.5 Å². The van der Waals surface area contributed by atoms with Crippen molar-refractivity contribution in [2.75, 3.05) is 13.9 Å². The van der Waals surface area contributed by atoms with Crippen molar-refractivity contribution >= 4 is 27.9 Å². The lowest BCUT2D eigenvalue weighted by molar-refractivity contribution is -0.126. The summed E-state index contributed by atoms with van der Waals surface area (Å²) in [6.07, 6.45) is 1.20. The summed E-state index contributed by atoms with van der Waals surface area (Å²) in [6, 6.07) is 25.6. The van der Waals surface area contributed by atoms with Crippen LogP contribution in [0.3, 0.4) is 0 Å². The average Bonchev–Trinajstić information content (AvgIpc) is 3.55. The molecule has 11 nitrogen and oxygen atoms in total. The van der Waals surface area contributed by atoms with Crippen LogP contribution in [0.15, 0.2) is 96.4 Å². The molecular formula is C35H34N2O9S. The summed E-state index contributed by atoms with van der Waals surface area (Å²) >= 11 is 0. The molecule has 1 unspecified atom stereocenters. The number of aryl methyl sites for hydroxylation is 1. The molecule has 1 heterocycles. The summed E-state index contributed by atoms with van der Waals surface area (Å²) in [5.41, 5.74) is 5.19. The maximum Gasteiger partial charge on any atom is 0.279 e. The fourth-order valence-electron chi connectivity index (χ4n) is 4.74. The highest BCUT2D eigenvalue weighted by atomic mass is 32.2. The van der Waals surface area contributed by atoms with Gasteiger partial charge in [-0.15, -0.1) is 0 Å². The minimum atomic E-state index is -4.20. The lowest BCUT2D eigenvalue weighted by Gasteiger charge is -2.21. The lowest BCUT2D eigenvalue weighted by Crippen LogP contribution is -2.36. The molecule has 1 atom stereocenters. The van der Waals surface area contributed by atoms with Gasteiger partial charge in [0.05, 0.1) is 19.1 Å². The Kier molecular flexibility index (Phi) is 10.8. The first kappa shape index (κ1) is 33.0. The van der Waals surface area contributed by atoms with Gasteiger partial charge < -0.3 is 18.9 Å². The number of nitrogens with one attached hydrogen (secondary N) is 2. The van der Waals surface area contributed by atoms with Crippen LogP contribution in [0, 0.1) is 0 Å². The maximum atomic E-state index is 13.6. The molecule has 1 aliphatic rings. The summed E-state index contributed by atoms with van der Waals surface area (Å²) < 4.78 is 50.2. The monoisotopic (exact) mass is 658 g/mol. The van der Waals surface area contributed by atoms with E-state index < -0.39 is 27.9 Å². The number of carbonyl (C=O) groups excluding carboxylic acids is 2. The molecule has 2 N–H and O–H groups in total. The molecule has 12 heteroatoms. The van der Waals surface area contributed by atoms with E-state index in [-0.39, 0.29) is 13.4 Å². The molecule has 0 saturated carbocycles. The largest absolute Gasteiger partial charge is 0.497 e. The predicted octanol–water partition coefficient (Wildman–Crippen LogP) is 5.48. The SMILES string of the molecule is CCCc1cc(C(=O)NOCc2cccc(OC)c2)ccc1OC(C(=O)NS(=O)(=O)/C=C/c1ccccc1)c1ccc2c(c1)OCO2. The van der Waals surface area contributed by atoms with Gasteiger partial charge in [-0.1, -0.05) is 61.9 Å². The van der Waals surface area contributed by atoms with E-state index in [1.165, 1.54) is 12.1 Å². The van der Waals surface area contributed by atoms with Crippen molar-refractivity contribution in [1.82, 2.24) is 10.2 Å². The Morgan fingerprint density at radius 2 is 1.74 bits per heavy atom. The van der Waals surface area contributed by atoms with Gasteiger partial charge in [0.15, 0.2) is 11.5 Å². The van der Waals surface area contributed by atoms with Gasteiger partial charge >= 0.3 is 0 Å². The molecule has 0 spiro atoms. The zero-order valence-corrected chi connectivity index (χ0v) is 26.6. The lowest BCUT2D eigenvalue weighted by atomic mass is 10.0. The number of hydrogen-bond acceptors (Lipinski definition) is 9. The van der Waals surface area contributed by atoms with E-state index in [9.17, 15) is 18.0 Å². The maximum absolute atomic E-state index is 13.6. The number of carbonyl (C=O) groups is 2. The summed E-state index contributed by atoms with van der Waals surface area (Å²) in [7, 11) is -2.63. The highest BCUT2D eigenvalue weighted by Gasteiger charge is 2.29. The van der Waals surface area contributed by atoms with Crippen molar-refractivity contribution < 1.29 is 41.8 Å². The van der Waals surface area contributed by atoms with Gasteiger partial charge in [-0.05, 0) is 71.7 Å². The quantitative estimate of drug-likeness (QED) is 0.169. The van der Waals surface area contributed by atoms with Crippen molar-refractivity contribution in [3.8, 4) is 23.0 Å². The van der Waals surface area contributed by atoms with Crippen molar-refractivity contribution in [1.29, 1.82) is 0 Å². The number of methoxy groups -OCH3 is 1. The van der Waals surface area contributed by atoms with E-state index >= 15 is 0 Å². The summed E-state index contributed by atoms with van der Waals surface area (Å²) in [6.45, 7) is 2.10. The molecule has 4 aromatic rings. The van der Waals surface area contributed by atoms with Crippen LogP contribution in [0.1, 0.15) is 52.1 Å². The van der Waals surface area contributed by atoms with Crippen molar-refractivity contribution in [2.45, 2.75) is 32.5 Å². The minimum absolute atomic E-state index is 0.0165. The standard InChI is InChI=1S/C35H34N2O9S/c1-3-8-26-20-28(34(38)36-45-22-25-11-7-12-29(19-25)42-2)14-15-30(26)46-33(27-13-16-31-32(21-27)44-23-43-31)35(39)37-47(40,41)18-17-24-9-5-4-6-10-24/h4-7,9-21,33H,3,8,22-23H2,1-2H3,(H,36,38)(H,37,39)/b18-17+. The molecule has 244 valence electrons. The van der Waals surface area contributed by atoms with Crippen molar-refractivity contribution in [2.24, 2.45) is 0 Å². The Bertz CT molecular complexity index is 1860. The molecule has 2 amide bonds. The van der Waals surface area contributed by atoms with E-state index in [1.54, 1.807) is 67.8 Å². The highest BCUT2D eigenvalue weighted by molar-refractivity contribution is 7.93. The van der Waals surface area contributed by atoms with Crippen LogP contribution in [0.2, 0.25) is 0 Å². The molecule has 0 fully saturated rings. The van der Waals surface area contributed by atoms with Crippen LogP contribution in [-0.2, 0) is 32.7 Å². The van der Waals surface area contributed by atoms with Crippen LogP contribution in [0.25, 0.3) is 6.08 Å². The predicted molar refractivity (Wildman–Crippen MR) is 174 cm³/mol. The van der Waals surface area contributed by atoms with E-state index in [2.05, 4.69) is 10.2 Å². The third kappa shape index (κ3) is 8.90. The smallest absolute Gasteiger partial charge is 0.279 e. The van der Waals surface area contributed by atoms with Gasteiger partial charge in [0.2, 0.25) is 12.9 Å². The van der Waals surface area contributed by atoms with Gasteiger partial charge in [0.25, 0.3) is 21.8 Å². The van der Waals surface area contributed by atoms with Crippen LogP contribution in [-0.4, -0.2) is 34.1 Å². The summed E-state index contributed by atoms with van der Waals surface area (Å²) in [4.78, 5) is 32.0. The van der Waals surface area contributed by atoms with E-state index in [0.717, 1.165) is 11.0 Å². The molecular weight excluding hydrogens is 624 g/mol. The van der Waals surface area contributed by atoms with Crippen LogP contribution < -0.4 is 29.1 Å². The molecule has 4 aromatic carbocycles. The zero-order chi connectivity index (χ0) is 33.2. The molecule has 5 rings (SSSR count). The number of ether oxygens (including phenoxy) is 4. The Hall–Kier alpha value is -5.33. The number of amides is 2. The zero-order valence-electron chi connectivity index (χ0n) is 25.8. The third-order valence-electron chi connectivity index (χ3n) is 7.04. The molecule has 0 saturated heterocycles. The third-order valence-corrected chi connectivity index (χ3v) is 8.02. The van der Waals surface area contributed by atoms with Gasteiger partial charge in [0, 0.05) is 11.1 Å². The van der Waals surface area contributed by atoms with Gasteiger partial charge in [-0.25, -0.2) is 18.6 Å². The molecule has 0 bridgehead atoms. The topological polar surface area (TPSA) is 138 Å². The fourth-order valence-corrected chi connectivity index (χ4v) is 5.53. The van der Waals surface area contributed by atoms with Crippen molar-refractivity contribution in [3.63, 3.8) is 0 Å². The Morgan fingerprint density at radius 1 is 0.936 bits per heavy atom. The second-order valence-corrected chi connectivity index (χ2v) is 12.0. The first-order valence-electron chi connectivity index (χ1n) is 14.8. The van der Waals surface area contributed by atoms with E-state index in [1.807, 2.05) is 31.2 Å². The van der Waals surface area contributed by atoms with Crippen LogP contribution >= 0.6 is 0 Å². The molecule has 0 aliphatic carbocycles. The Morgan fingerprint density at radius 3 is 2.53 bits per heavy atom. The number of hydroxylamine groups is 1. The van der Waals surface area contributed by atoms with E-state index in [4.69, 9.17) is 23.8 Å². The number of sulfonamides is 1.